The average Bonchev–Trinajstić information content (AvgIpc) is 2.71. The van der Waals surface area contributed by atoms with E-state index in [2.05, 4.69) is 9.62 Å². The third-order valence-corrected chi connectivity index (χ3v) is 5.36. The maximum Gasteiger partial charge on any atom is 0.259 e. The Balaban J connectivity index is 1.92. The lowest BCUT2D eigenvalue weighted by Gasteiger charge is -2.31. The van der Waals surface area contributed by atoms with Crippen molar-refractivity contribution in [3.8, 4) is 11.5 Å². The molecule has 1 unspecified atom stereocenters. The molecule has 3 aromatic carbocycles. The van der Waals surface area contributed by atoms with Crippen molar-refractivity contribution in [2.45, 2.75) is 0 Å². The molecular formula is C20H20ClN3O4S. The predicted molar refractivity (Wildman–Crippen MR) is 117 cm³/mol. The van der Waals surface area contributed by atoms with Crippen molar-refractivity contribution in [3.05, 3.63) is 53.6 Å². The highest BCUT2D eigenvalue weighted by atomic mass is 35.5. The van der Waals surface area contributed by atoms with Gasteiger partial charge < -0.3 is 20.1 Å². The summed E-state index contributed by atoms with van der Waals surface area (Å²) < 4.78 is 35.6. The van der Waals surface area contributed by atoms with Gasteiger partial charge in [-0.15, -0.1) is 0 Å². The van der Waals surface area contributed by atoms with Crippen molar-refractivity contribution in [3.63, 3.8) is 0 Å². The second kappa shape index (κ2) is 8.46. The van der Waals surface area contributed by atoms with E-state index in [-0.39, 0.29) is 0 Å². The second-order valence-electron chi connectivity index (χ2n) is 6.56. The minimum atomic E-state index is -2.29. The van der Waals surface area contributed by atoms with Gasteiger partial charge in [0.2, 0.25) is 0 Å². The summed E-state index contributed by atoms with van der Waals surface area (Å²) >= 11 is 4.02. The number of nitrogens with two attached hydrogens (primary N) is 1. The standard InChI is InChI=1S/C20H20ClN3O4S/c21-16-12-14(22)5-6-18(16)28-20-15-4-2-1-3-13(15)11-17(19(20)23-29(25)26)24-7-9-27-10-8-24/h1-6,11-12,23H,7-10,22H2,(H,25,26). The van der Waals surface area contributed by atoms with Crippen LogP contribution < -0.4 is 20.1 Å². The van der Waals surface area contributed by atoms with E-state index in [1.807, 2.05) is 30.3 Å². The van der Waals surface area contributed by atoms with Crippen LogP contribution in [0, 0.1) is 0 Å². The molecule has 0 saturated carbocycles. The maximum absolute atomic E-state index is 11.7. The highest BCUT2D eigenvalue weighted by Crippen LogP contribution is 2.45. The third-order valence-electron chi connectivity index (χ3n) is 4.69. The molecule has 0 amide bonds. The van der Waals surface area contributed by atoms with Gasteiger partial charge in [0.05, 0.1) is 23.9 Å². The van der Waals surface area contributed by atoms with Gasteiger partial charge in [-0.25, -0.2) is 4.21 Å². The fourth-order valence-corrected chi connectivity index (χ4v) is 3.95. The Morgan fingerprint density at radius 2 is 1.93 bits per heavy atom. The SMILES string of the molecule is Nc1ccc(Oc2c(NS(=O)O)c(N3CCOCC3)cc3ccccc23)c(Cl)c1. The van der Waals surface area contributed by atoms with Crippen molar-refractivity contribution in [2.24, 2.45) is 0 Å². The molecular weight excluding hydrogens is 414 g/mol. The van der Waals surface area contributed by atoms with Gasteiger partial charge in [0, 0.05) is 24.2 Å². The van der Waals surface area contributed by atoms with E-state index in [0.717, 1.165) is 16.5 Å². The van der Waals surface area contributed by atoms with Crippen molar-refractivity contribution in [2.75, 3.05) is 41.7 Å². The lowest BCUT2D eigenvalue weighted by atomic mass is 10.1. The third kappa shape index (κ3) is 4.25. The molecule has 7 nitrogen and oxygen atoms in total. The molecule has 4 rings (SSSR count). The van der Waals surface area contributed by atoms with E-state index in [1.165, 1.54) is 0 Å². The van der Waals surface area contributed by atoms with Gasteiger partial charge in [-0.05, 0) is 29.7 Å². The molecule has 152 valence electrons. The van der Waals surface area contributed by atoms with Crippen molar-refractivity contribution >= 4 is 50.7 Å². The van der Waals surface area contributed by atoms with E-state index in [0.29, 0.717) is 54.2 Å². The molecule has 1 aliphatic rings. The van der Waals surface area contributed by atoms with Crippen LogP contribution in [0.5, 0.6) is 11.5 Å². The summed E-state index contributed by atoms with van der Waals surface area (Å²) in [6, 6.07) is 14.6. The number of hydrogen-bond acceptors (Lipinski definition) is 5. The van der Waals surface area contributed by atoms with Gasteiger partial charge in [0.1, 0.15) is 11.4 Å². The largest absolute Gasteiger partial charge is 0.453 e. The molecule has 0 aliphatic carbocycles. The molecule has 1 fully saturated rings. The highest BCUT2D eigenvalue weighted by Gasteiger charge is 2.23. The fraction of sp³-hybridized carbons (Fsp3) is 0.200. The minimum absolute atomic E-state index is 0.349. The van der Waals surface area contributed by atoms with Gasteiger partial charge in [-0.3, -0.25) is 9.27 Å². The van der Waals surface area contributed by atoms with E-state index in [4.69, 9.17) is 26.8 Å². The van der Waals surface area contributed by atoms with Gasteiger partial charge in [0.15, 0.2) is 5.75 Å². The van der Waals surface area contributed by atoms with E-state index in [1.54, 1.807) is 18.2 Å². The zero-order valence-electron chi connectivity index (χ0n) is 15.4. The van der Waals surface area contributed by atoms with Crippen LogP contribution in [0.15, 0.2) is 48.5 Å². The number of fused-ring (bicyclic) bond motifs is 1. The lowest BCUT2D eigenvalue weighted by Crippen LogP contribution is -2.36. The van der Waals surface area contributed by atoms with Crippen LogP contribution in [-0.2, 0) is 16.0 Å². The molecule has 0 bridgehead atoms. The molecule has 0 aromatic heterocycles. The predicted octanol–water partition coefficient (Wildman–Crippen LogP) is 4.25. The van der Waals surface area contributed by atoms with Crippen LogP contribution in [0.3, 0.4) is 0 Å². The van der Waals surface area contributed by atoms with Crippen LogP contribution >= 0.6 is 11.6 Å². The Morgan fingerprint density at radius 3 is 2.66 bits per heavy atom. The Bertz CT molecular complexity index is 1070. The average molecular weight is 434 g/mol. The molecule has 1 saturated heterocycles. The first-order valence-electron chi connectivity index (χ1n) is 9.02. The number of halogens is 1. The van der Waals surface area contributed by atoms with Crippen LogP contribution in [0.2, 0.25) is 5.02 Å². The number of rotatable bonds is 5. The summed E-state index contributed by atoms with van der Waals surface area (Å²) in [5.74, 6) is 0.815. The summed E-state index contributed by atoms with van der Waals surface area (Å²) in [6.45, 7) is 2.48. The highest BCUT2D eigenvalue weighted by molar-refractivity contribution is 7.80. The Labute approximate surface area is 175 Å². The zero-order valence-corrected chi connectivity index (χ0v) is 17.0. The topological polar surface area (TPSA) is 97.0 Å². The number of nitrogens with one attached hydrogen (secondary N) is 1. The Kier molecular flexibility index (Phi) is 5.77. The lowest BCUT2D eigenvalue weighted by molar-refractivity contribution is 0.123. The summed E-state index contributed by atoms with van der Waals surface area (Å²) in [6.07, 6.45) is 0. The molecule has 4 N–H and O–H groups in total. The van der Waals surface area contributed by atoms with Gasteiger partial charge in [-0.1, -0.05) is 35.9 Å². The normalized spacial score (nSPS) is 15.3. The second-order valence-corrected chi connectivity index (χ2v) is 7.67. The quantitative estimate of drug-likeness (QED) is 0.411. The number of nitrogens with zero attached hydrogens (tertiary/aromatic N) is 1. The number of benzene rings is 3. The van der Waals surface area contributed by atoms with Gasteiger partial charge in [0.25, 0.3) is 11.3 Å². The molecule has 29 heavy (non-hydrogen) atoms. The minimum Gasteiger partial charge on any atom is -0.453 e. The van der Waals surface area contributed by atoms with Gasteiger partial charge in [-0.2, -0.15) is 0 Å². The Morgan fingerprint density at radius 1 is 1.17 bits per heavy atom. The van der Waals surface area contributed by atoms with Crippen LogP contribution in [0.25, 0.3) is 10.8 Å². The number of hydrogen-bond donors (Lipinski definition) is 3. The molecule has 1 heterocycles. The molecule has 9 heteroatoms. The molecule has 1 aliphatic heterocycles. The summed E-state index contributed by atoms with van der Waals surface area (Å²) in [7, 11) is 0. The first-order valence-corrected chi connectivity index (χ1v) is 10.5. The number of anilines is 3. The van der Waals surface area contributed by atoms with Crippen LogP contribution in [0.1, 0.15) is 0 Å². The first kappa shape index (κ1) is 19.8. The summed E-state index contributed by atoms with van der Waals surface area (Å²) in [4.78, 5) is 2.10. The van der Waals surface area contributed by atoms with E-state index in [9.17, 15) is 8.76 Å². The van der Waals surface area contributed by atoms with Crippen molar-refractivity contribution in [1.82, 2.24) is 0 Å². The van der Waals surface area contributed by atoms with Crippen LogP contribution in [-0.4, -0.2) is 35.1 Å². The van der Waals surface area contributed by atoms with Crippen LogP contribution in [0.4, 0.5) is 17.1 Å². The Hall–Kier alpha value is -2.52. The number of morpholine rings is 1. The molecule has 1 atom stereocenters. The molecule has 3 aromatic rings. The smallest absolute Gasteiger partial charge is 0.259 e. The zero-order chi connectivity index (χ0) is 20.4. The molecule has 0 spiro atoms. The monoisotopic (exact) mass is 433 g/mol. The van der Waals surface area contributed by atoms with Crippen molar-refractivity contribution in [1.29, 1.82) is 0 Å². The summed E-state index contributed by atoms with van der Waals surface area (Å²) in [5.41, 5.74) is 7.48. The maximum atomic E-state index is 11.7. The van der Waals surface area contributed by atoms with E-state index >= 15 is 0 Å². The fourth-order valence-electron chi connectivity index (χ4n) is 3.36. The number of ether oxygens (including phenoxy) is 2. The van der Waals surface area contributed by atoms with E-state index < -0.39 is 11.3 Å². The molecule has 0 radical (unpaired) electrons. The first-order chi connectivity index (χ1) is 14.0. The summed E-state index contributed by atoms with van der Waals surface area (Å²) in [5, 5.41) is 2.07. The van der Waals surface area contributed by atoms with Crippen molar-refractivity contribution < 1.29 is 18.2 Å². The van der Waals surface area contributed by atoms with Gasteiger partial charge >= 0.3 is 0 Å². The number of nitrogen functional groups attached to an aromatic ring is 1.